The summed E-state index contributed by atoms with van der Waals surface area (Å²) in [4.78, 5) is 16.8. The van der Waals surface area contributed by atoms with Crippen LogP contribution in [-0.2, 0) is 19.7 Å². The van der Waals surface area contributed by atoms with Crippen LogP contribution in [0.2, 0.25) is 0 Å². The highest BCUT2D eigenvalue weighted by atomic mass is 19.4. The number of carbonyl (C=O) groups is 1. The Morgan fingerprint density at radius 2 is 1.91 bits per heavy atom. The molecule has 2 bridgehead atoms. The van der Waals surface area contributed by atoms with E-state index in [4.69, 9.17) is 9.26 Å². The zero-order valence-electron chi connectivity index (χ0n) is 17.6. The number of aromatic nitrogens is 2. The quantitative estimate of drug-likeness (QED) is 0.659. The molecule has 7 nitrogen and oxygen atoms in total. The van der Waals surface area contributed by atoms with Crippen molar-refractivity contribution in [2.45, 2.75) is 62.4 Å². The number of aryl methyl sites for hydroxylation is 1. The fourth-order valence-electron chi connectivity index (χ4n) is 5.09. The lowest BCUT2D eigenvalue weighted by atomic mass is 9.39. The van der Waals surface area contributed by atoms with E-state index in [1.807, 2.05) is 31.2 Å². The van der Waals surface area contributed by atoms with E-state index < -0.39 is 6.36 Å². The van der Waals surface area contributed by atoms with Gasteiger partial charge in [0.2, 0.25) is 17.6 Å². The van der Waals surface area contributed by atoms with Crippen LogP contribution in [-0.4, -0.2) is 47.3 Å². The van der Waals surface area contributed by atoms with Gasteiger partial charge in [0.05, 0.1) is 18.1 Å². The highest BCUT2D eigenvalue weighted by Crippen LogP contribution is 2.67. The van der Waals surface area contributed by atoms with Crippen LogP contribution in [0.25, 0.3) is 11.4 Å². The summed E-state index contributed by atoms with van der Waals surface area (Å²) in [5.74, 6) is 0.790. The molecular weight excluding hydrogens is 427 g/mol. The summed E-state index contributed by atoms with van der Waals surface area (Å²) < 4.78 is 51.0. The molecular formula is C22H24F3N3O4. The number of hydrogen-bond donors (Lipinski definition) is 1. The summed E-state index contributed by atoms with van der Waals surface area (Å²) in [6.45, 7) is 1.56. The Balaban J connectivity index is 1.04. The smallest absolute Gasteiger partial charge is 0.368 e. The van der Waals surface area contributed by atoms with Crippen LogP contribution < -0.4 is 5.32 Å². The highest BCUT2D eigenvalue weighted by Gasteiger charge is 2.72. The van der Waals surface area contributed by atoms with Crippen molar-refractivity contribution in [3.63, 3.8) is 0 Å². The molecule has 0 unspecified atom stereocenters. The predicted octanol–water partition coefficient (Wildman–Crippen LogP) is 3.67. The third-order valence-corrected chi connectivity index (χ3v) is 6.75. The Kier molecular flexibility index (Phi) is 5.05. The zero-order valence-corrected chi connectivity index (χ0v) is 17.6. The van der Waals surface area contributed by atoms with Gasteiger partial charge in [0.15, 0.2) is 0 Å². The molecule has 0 spiro atoms. The lowest BCUT2D eigenvalue weighted by molar-refractivity contribution is -0.331. The fraction of sp³-hybridized carbons (Fsp3) is 0.591. The van der Waals surface area contributed by atoms with E-state index in [9.17, 15) is 18.0 Å². The van der Waals surface area contributed by atoms with Crippen molar-refractivity contribution in [3.05, 3.63) is 35.7 Å². The number of ether oxygens (including phenoxy) is 2. The van der Waals surface area contributed by atoms with Gasteiger partial charge in [-0.3, -0.25) is 9.53 Å². The van der Waals surface area contributed by atoms with Gasteiger partial charge < -0.3 is 14.6 Å². The number of carbonyl (C=O) groups excluding carboxylic acids is 1. The Morgan fingerprint density at radius 1 is 1.22 bits per heavy atom. The van der Waals surface area contributed by atoms with Gasteiger partial charge in [-0.15, -0.1) is 13.2 Å². The van der Waals surface area contributed by atoms with Crippen molar-refractivity contribution in [1.29, 1.82) is 0 Å². The summed E-state index contributed by atoms with van der Waals surface area (Å²) in [6, 6.07) is 7.92. The molecule has 1 heterocycles. The molecule has 4 saturated carbocycles. The fourth-order valence-corrected chi connectivity index (χ4v) is 5.09. The second kappa shape index (κ2) is 7.55. The van der Waals surface area contributed by atoms with E-state index >= 15 is 0 Å². The molecule has 0 aliphatic heterocycles. The Morgan fingerprint density at radius 3 is 2.56 bits per heavy atom. The number of rotatable bonds is 8. The maximum Gasteiger partial charge on any atom is 0.522 e. The van der Waals surface area contributed by atoms with E-state index in [2.05, 4.69) is 20.2 Å². The molecule has 172 valence electrons. The van der Waals surface area contributed by atoms with Crippen molar-refractivity contribution in [2.75, 3.05) is 13.2 Å². The lowest BCUT2D eigenvalue weighted by Gasteiger charge is -2.68. The third-order valence-electron chi connectivity index (χ3n) is 6.75. The van der Waals surface area contributed by atoms with Gasteiger partial charge in [0.1, 0.15) is 6.61 Å². The van der Waals surface area contributed by atoms with Crippen LogP contribution in [0.4, 0.5) is 13.2 Å². The molecule has 0 atom stereocenters. The van der Waals surface area contributed by atoms with Gasteiger partial charge in [-0.1, -0.05) is 35.0 Å². The predicted molar refractivity (Wildman–Crippen MR) is 105 cm³/mol. The van der Waals surface area contributed by atoms with E-state index in [-0.39, 0.29) is 42.1 Å². The molecule has 1 aromatic carbocycles. The molecule has 4 fully saturated rings. The minimum absolute atomic E-state index is 0.0929. The molecule has 0 saturated heterocycles. The Hall–Kier alpha value is -2.46. The number of benzene rings is 1. The Bertz CT molecular complexity index is 979. The number of hydrogen-bond acceptors (Lipinski definition) is 6. The molecule has 4 aliphatic rings. The average Bonchev–Trinajstić information content (AvgIpc) is 3.11. The summed E-state index contributed by atoms with van der Waals surface area (Å²) in [6.07, 6.45) is -1.60. The second-order valence-corrected chi connectivity index (χ2v) is 9.46. The van der Waals surface area contributed by atoms with Crippen LogP contribution in [0.1, 0.15) is 43.6 Å². The number of halogens is 3. The summed E-state index contributed by atoms with van der Waals surface area (Å²) >= 11 is 0. The van der Waals surface area contributed by atoms with Crippen molar-refractivity contribution in [3.8, 4) is 11.4 Å². The standard InChI is InChI=1S/C22H24F3N3O4/c1-13-2-4-15(5-3-13)18-26-19(32-28-18)20-10-21(11-20,12-20)27-17(29)9-30-16-6-14(7-16)8-31-22(23,24)25/h2-5,14,16H,6-12H2,1H3,(H,27,29). The number of amides is 1. The van der Waals surface area contributed by atoms with E-state index in [1.54, 1.807) is 0 Å². The van der Waals surface area contributed by atoms with Gasteiger partial charge in [-0.05, 0) is 44.9 Å². The molecule has 1 N–H and O–H groups in total. The first kappa shape index (κ1) is 21.4. The second-order valence-electron chi connectivity index (χ2n) is 9.46. The first-order valence-electron chi connectivity index (χ1n) is 10.7. The van der Waals surface area contributed by atoms with Crippen LogP contribution in [0.3, 0.4) is 0 Å². The first-order chi connectivity index (χ1) is 15.1. The van der Waals surface area contributed by atoms with E-state index in [0.29, 0.717) is 24.6 Å². The molecule has 2 aromatic rings. The van der Waals surface area contributed by atoms with Gasteiger partial charge >= 0.3 is 6.36 Å². The van der Waals surface area contributed by atoms with E-state index in [1.165, 1.54) is 0 Å². The van der Waals surface area contributed by atoms with Gasteiger partial charge in [-0.25, -0.2) is 0 Å². The van der Waals surface area contributed by atoms with Crippen LogP contribution >= 0.6 is 0 Å². The lowest BCUT2D eigenvalue weighted by Crippen LogP contribution is -2.77. The topological polar surface area (TPSA) is 86.5 Å². The van der Waals surface area contributed by atoms with Crippen molar-refractivity contribution >= 4 is 5.91 Å². The number of nitrogens with zero attached hydrogens (tertiary/aromatic N) is 2. The molecule has 1 aromatic heterocycles. The molecule has 10 heteroatoms. The van der Waals surface area contributed by atoms with Crippen LogP contribution in [0.15, 0.2) is 28.8 Å². The minimum atomic E-state index is -4.60. The largest absolute Gasteiger partial charge is 0.522 e. The first-order valence-corrected chi connectivity index (χ1v) is 10.7. The molecule has 4 aliphatic carbocycles. The monoisotopic (exact) mass is 451 g/mol. The maximum atomic E-state index is 12.3. The average molecular weight is 451 g/mol. The molecule has 0 radical (unpaired) electrons. The normalized spacial score (nSPS) is 30.8. The number of alkyl halides is 3. The van der Waals surface area contributed by atoms with Gasteiger partial charge in [0.25, 0.3) is 0 Å². The minimum Gasteiger partial charge on any atom is -0.368 e. The van der Waals surface area contributed by atoms with Crippen LogP contribution in [0, 0.1) is 12.8 Å². The summed E-state index contributed by atoms with van der Waals surface area (Å²) in [7, 11) is 0. The Labute approximate surface area is 182 Å². The third kappa shape index (κ3) is 4.13. The van der Waals surface area contributed by atoms with Gasteiger partial charge in [-0.2, -0.15) is 4.98 Å². The highest BCUT2D eigenvalue weighted by molar-refractivity contribution is 5.79. The molecule has 6 rings (SSSR count). The SMILES string of the molecule is Cc1ccc(-c2noc(C34CC(NC(=O)COC5CC(COC(F)(F)F)C5)(C3)C4)n2)cc1. The van der Waals surface area contributed by atoms with Crippen molar-refractivity contribution < 1.29 is 32.0 Å². The van der Waals surface area contributed by atoms with Crippen LogP contribution in [0.5, 0.6) is 0 Å². The van der Waals surface area contributed by atoms with Gasteiger partial charge in [0, 0.05) is 11.1 Å². The van der Waals surface area contributed by atoms with Crippen molar-refractivity contribution in [1.82, 2.24) is 15.5 Å². The molecule has 32 heavy (non-hydrogen) atoms. The maximum absolute atomic E-state index is 12.3. The molecule has 1 amide bonds. The van der Waals surface area contributed by atoms with E-state index in [0.717, 1.165) is 30.4 Å². The summed E-state index contributed by atoms with van der Waals surface area (Å²) in [5, 5.41) is 7.14. The summed E-state index contributed by atoms with van der Waals surface area (Å²) in [5.41, 5.74) is 1.65. The number of nitrogens with one attached hydrogen (secondary N) is 1. The van der Waals surface area contributed by atoms with Crippen molar-refractivity contribution in [2.24, 2.45) is 5.92 Å². The zero-order chi connectivity index (χ0) is 22.6.